The number of anilines is 1. The van der Waals surface area contributed by atoms with Gasteiger partial charge in [0.1, 0.15) is 11.5 Å². The second kappa shape index (κ2) is 5.68. The van der Waals surface area contributed by atoms with Gasteiger partial charge in [-0.2, -0.15) is 0 Å². The Hall–Kier alpha value is -1.82. The van der Waals surface area contributed by atoms with Gasteiger partial charge in [0.05, 0.1) is 7.11 Å². The molecule has 0 aliphatic carbocycles. The first-order valence-corrected chi connectivity index (χ1v) is 6.44. The Kier molecular flexibility index (Phi) is 3.99. The van der Waals surface area contributed by atoms with Gasteiger partial charge in [0.25, 0.3) is 0 Å². The zero-order valence-electron chi connectivity index (χ0n) is 10.3. The molecule has 1 aromatic heterocycles. The Morgan fingerprint density at radius 2 is 1.89 bits per heavy atom. The van der Waals surface area contributed by atoms with E-state index in [2.05, 4.69) is 10.2 Å². The van der Waals surface area contributed by atoms with Crippen molar-refractivity contribution < 1.29 is 9.47 Å². The number of hydrogen-bond donors (Lipinski definition) is 1. The summed E-state index contributed by atoms with van der Waals surface area (Å²) in [7, 11) is 1.63. The van der Waals surface area contributed by atoms with E-state index in [9.17, 15) is 0 Å². The first-order chi connectivity index (χ1) is 8.72. The Bertz CT molecular complexity index is 498. The van der Waals surface area contributed by atoms with E-state index in [1.807, 2.05) is 31.2 Å². The molecule has 0 saturated carbocycles. The quantitative estimate of drug-likeness (QED) is 0.900. The van der Waals surface area contributed by atoms with Crippen molar-refractivity contribution in [3.05, 3.63) is 29.3 Å². The van der Waals surface area contributed by atoms with Crippen molar-refractivity contribution in [2.75, 3.05) is 12.8 Å². The lowest BCUT2D eigenvalue weighted by molar-refractivity contribution is 0.200. The van der Waals surface area contributed by atoms with Gasteiger partial charge in [-0.15, -0.1) is 10.2 Å². The van der Waals surface area contributed by atoms with E-state index in [4.69, 9.17) is 15.2 Å². The summed E-state index contributed by atoms with van der Waals surface area (Å²) in [6.07, 6.45) is 0.689. The van der Waals surface area contributed by atoms with E-state index in [0.29, 0.717) is 5.13 Å². The van der Waals surface area contributed by atoms with Crippen LogP contribution in [0, 0.1) is 0 Å². The van der Waals surface area contributed by atoms with E-state index in [-0.39, 0.29) is 6.10 Å². The van der Waals surface area contributed by atoms with Crippen molar-refractivity contribution in [3.63, 3.8) is 0 Å². The summed E-state index contributed by atoms with van der Waals surface area (Å²) in [5, 5.41) is 9.07. The van der Waals surface area contributed by atoms with Gasteiger partial charge in [0.2, 0.25) is 5.13 Å². The molecule has 0 radical (unpaired) electrons. The van der Waals surface area contributed by atoms with Crippen molar-refractivity contribution in [1.29, 1.82) is 0 Å². The van der Waals surface area contributed by atoms with Crippen LogP contribution in [0.2, 0.25) is 0 Å². The number of nitrogen functional groups attached to an aromatic ring is 1. The molecular formula is C12H15N3O2S. The summed E-state index contributed by atoms with van der Waals surface area (Å²) in [6.45, 7) is 2.03. The third-order valence-electron chi connectivity index (χ3n) is 2.44. The Labute approximate surface area is 110 Å². The average Bonchev–Trinajstić information content (AvgIpc) is 2.83. The normalized spacial score (nSPS) is 12.1. The van der Waals surface area contributed by atoms with Crippen LogP contribution in [0.1, 0.15) is 24.5 Å². The smallest absolute Gasteiger partial charge is 0.203 e. The van der Waals surface area contributed by atoms with Gasteiger partial charge in [-0.05, 0) is 30.7 Å². The molecule has 0 fully saturated rings. The Morgan fingerprint density at radius 1 is 1.22 bits per heavy atom. The van der Waals surface area contributed by atoms with Gasteiger partial charge in [0, 0.05) is 0 Å². The van der Waals surface area contributed by atoms with Crippen molar-refractivity contribution in [3.8, 4) is 11.5 Å². The first-order valence-electron chi connectivity index (χ1n) is 5.62. The van der Waals surface area contributed by atoms with Crippen LogP contribution in [0.25, 0.3) is 0 Å². The third kappa shape index (κ3) is 2.89. The van der Waals surface area contributed by atoms with Crippen molar-refractivity contribution >= 4 is 16.5 Å². The molecule has 5 nitrogen and oxygen atoms in total. The second-order valence-corrected chi connectivity index (χ2v) is 4.71. The zero-order valence-corrected chi connectivity index (χ0v) is 11.1. The van der Waals surface area contributed by atoms with Crippen LogP contribution in [0.4, 0.5) is 5.13 Å². The van der Waals surface area contributed by atoms with E-state index < -0.39 is 0 Å². The highest BCUT2D eigenvalue weighted by Crippen LogP contribution is 2.28. The molecule has 2 N–H and O–H groups in total. The summed E-state index contributed by atoms with van der Waals surface area (Å²) in [5.41, 5.74) is 5.58. The number of ether oxygens (including phenoxy) is 2. The maximum atomic E-state index is 5.86. The van der Waals surface area contributed by atoms with Gasteiger partial charge in [-0.25, -0.2) is 0 Å². The SMILES string of the molecule is CCC(Oc1ccc(OC)cc1)c1nnc(N)s1. The summed E-state index contributed by atoms with van der Waals surface area (Å²) < 4.78 is 11.0. The molecule has 96 valence electrons. The van der Waals surface area contributed by atoms with Gasteiger partial charge >= 0.3 is 0 Å². The fourth-order valence-corrected chi connectivity index (χ4v) is 2.23. The molecule has 0 amide bonds. The molecule has 0 bridgehead atoms. The highest BCUT2D eigenvalue weighted by Gasteiger charge is 2.16. The van der Waals surface area contributed by atoms with Crippen LogP contribution in [-0.4, -0.2) is 17.3 Å². The van der Waals surface area contributed by atoms with E-state index in [0.717, 1.165) is 22.9 Å². The molecule has 0 aliphatic heterocycles. The lowest BCUT2D eigenvalue weighted by atomic mass is 10.3. The summed E-state index contributed by atoms with van der Waals surface area (Å²) in [4.78, 5) is 0. The standard InChI is InChI=1S/C12H15N3O2S/c1-3-10(11-14-15-12(13)18-11)17-9-6-4-8(16-2)5-7-9/h4-7,10H,3H2,1-2H3,(H2,13,15). The van der Waals surface area contributed by atoms with Crippen molar-refractivity contribution in [2.45, 2.75) is 19.4 Å². The number of hydrogen-bond acceptors (Lipinski definition) is 6. The van der Waals surface area contributed by atoms with Gasteiger partial charge < -0.3 is 15.2 Å². The van der Waals surface area contributed by atoms with Crippen LogP contribution in [0.3, 0.4) is 0 Å². The molecule has 0 spiro atoms. The number of methoxy groups -OCH3 is 1. The molecule has 1 aromatic carbocycles. The predicted octanol–water partition coefficient (Wildman–Crippen LogP) is 2.66. The van der Waals surface area contributed by atoms with E-state index in [1.165, 1.54) is 11.3 Å². The summed E-state index contributed by atoms with van der Waals surface area (Å²) >= 11 is 1.35. The summed E-state index contributed by atoms with van der Waals surface area (Å²) in [5.74, 6) is 1.58. The Morgan fingerprint density at radius 3 is 2.39 bits per heavy atom. The number of nitrogens with zero attached hydrogens (tertiary/aromatic N) is 2. The maximum Gasteiger partial charge on any atom is 0.203 e. The summed E-state index contributed by atoms with van der Waals surface area (Å²) in [6, 6.07) is 7.45. The van der Waals surface area contributed by atoms with Crippen LogP contribution in [0.5, 0.6) is 11.5 Å². The largest absolute Gasteiger partial charge is 0.497 e. The molecule has 18 heavy (non-hydrogen) atoms. The number of benzene rings is 1. The molecule has 0 aliphatic rings. The number of nitrogens with two attached hydrogens (primary N) is 1. The van der Waals surface area contributed by atoms with Crippen LogP contribution < -0.4 is 15.2 Å². The van der Waals surface area contributed by atoms with Crippen LogP contribution in [0.15, 0.2) is 24.3 Å². The maximum absolute atomic E-state index is 5.86. The molecule has 1 unspecified atom stereocenters. The molecule has 2 aromatic rings. The topological polar surface area (TPSA) is 70.3 Å². The number of rotatable bonds is 5. The van der Waals surface area contributed by atoms with Crippen LogP contribution in [-0.2, 0) is 0 Å². The highest BCUT2D eigenvalue weighted by atomic mass is 32.1. The predicted molar refractivity (Wildman–Crippen MR) is 71.0 cm³/mol. The van der Waals surface area contributed by atoms with Gasteiger partial charge in [0.15, 0.2) is 11.1 Å². The minimum Gasteiger partial charge on any atom is -0.497 e. The first kappa shape index (κ1) is 12.6. The van der Waals surface area contributed by atoms with Crippen molar-refractivity contribution in [2.24, 2.45) is 0 Å². The molecule has 0 saturated heterocycles. The Balaban J connectivity index is 2.10. The third-order valence-corrected chi connectivity index (χ3v) is 3.28. The fraction of sp³-hybridized carbons (Fsp3) is 0.333. The van der Waals surface area contributed by atoms with Crippen LogP contribution >= 0.6 is 11.3 Å². The molecule has 1 heterocycles. The lowest BCUT2D eigenvalue weighted by Gasteiger charge is -2.14. The van der Waals surface area contributed by atoms with E-state index in [1.54, 1.807) is 7.11 Å². The van der Waals surface area contributed by atoms with Crippen molar-refractivity contribution in [1.82, 2.24) is 10.2 Å². The zero-order chi connectivity index (χ0) is 13.0. The van der Waals surface area contributed by atoms with Gasteiger partial charge in [-0.3, -0.25) is 0 Å². The molecule has 2 rings (SSSR count). The van der Waals surface area contributed by atoms with Gasteiger partial charge in [-0.1, -0.05) is 18.3 Å². The minimum absolute atomic E-state index is 0.117. The molecular weight excluding hydrogens is 250 g/mol. The molecule has 6 heteroatoms. The lowest BCUT2D eigenvalue weighted by Crippen LogP contribution is -2.06. The monoisotopic (exact) mass is 265 g/mol. The molecule has 1 atom stereocenters. The van der Waals surface area contributed by atoms with E-state index >= 15 is 0 Å². The second-order valence-electron chi connectivity index (χ2n) is 3.67. The fourth-order valence-electron chi connectivity index (χ4n) is 1.50. The average molecular weight is 265 g/mol. The number of aromatic nitrogens is 2. The minimum atomic E-state index is -0.117. The highest BCUT2D eigenvalue weighted by molar-refractivity contribution is 7.15.